The Morgan fingerprint density at radius 3 is 1.84 bits per heavy atom. The van der Waals surface area contributed by atoms with Crippen LogP contribution in [0.15, 0.2) is 30.3 Å². The van der Waals surface area contributed by atoms with Crippen LogP contribution < -0.4 is 5.30 Å². The van der Waals surface area contributed by atoms with Gasteiger partial charge in [-0.1, -0.05) is 71.1 Å². The van der Waals surface area contributed by atoms with Gasteiger partial charge >= 0.3 is 5.97 Å². The summed E-state index contributed by atoms with van der Waals surface area (Å²) in [5.41, 5.74) is -0.163. The van der Waals surface area contributed by atoms with E-state index in [0.717, 1.165) is 31.6 Å². The Morgan fingerprint density at radius 2 is 1.40 bits per heavy atom. The van der Waals surface area contributed by atoms with Gasteiger partial charge in [0.05, 0.1) is 24.9 Å². The van der Waals surface area contributed by atoms with Crippen molar-refractivity contribution in [1.82, 2.24) is 0 Å². The Labute approximate surface area is 155 Å². The predicted molar refractivity (Wildman–Crippen MR) is 113 cm³/mol. The molecule has 0 bridgehead atoms. The molecule has 0 aromatic heterocycles. The molecule has 0 aliphatic heterocycles. The van der Waals surface area contributed by atoms with Crippen LogP contribution in [0.5, 0.6) is 0 Å². The number of hydrogen-bond donors (Lipinski definition) is 1. The molecule has 142 valence electrons. The number of hydrogen-bond acceptors (Lipinski definition) is 1. The third-order valence-corrected chi connectivity index (χ3v) is 10.5. The van der Waals surface area contributed by atoms with Crippen LogP contribution in [0.3, 0.4) is 0 Å². The van der Waals surface area contributed by atoms with Gasteiger partial charge in [0.1, 0.15) is 0 Å². The molecule has 0 saturated heterocycles. The first-order valence-electron chi connectivity index (χ1n) is 10.3. The molecule has 2 nitrogen and oxygen atoms in total. The van der Waals surface area contributed by atoms with Crippen LogP contribution in [-0.2, 0) is 4.79 Å². The van der Waals surface area contributed by atoms with Crippen LogP contribution in [-0.4, -0.2) is 29.1 Å². The molecule has 0 radical (unpaired) electrons. The molecule has 3 heteroatoms. The van der Waals surface area contributed by atoms with Crippen molar-refractivity contribution in [2.45, 2.75) is 84.2 Å². The van der Waals surface area contributed by atoms with Gasteiger partial charge in [0.25, 0.3) is 0 Å². The normalized spacial score (nSPS) is 12.9. The van der Waals surface area contributed by atoms with E-state index >= 15 is 0 Å². The summed E-state index contributed by atoms with van der Waals surface area (Å²) in [7, 11) is -1.70. The van der Waals surface area contributed by atoms with Gasteiger partial charge in [-0.2, -0.15) is 0 Å². The first kappa shape index (κ1) is 22.2. The standard InChI is InChI=1S/C22H37O2P/c1-4-7-13-18-25(19-14-8-5-2,20-15-11-10-12-16-20)21(22(23)24)17-9-6-3/h10-12,15-16,21H,4-9,13-14,17-19H2,1-3H3/p+1. The number of rotatable bonds is 14. The maximum atomic E-state index is 12.3. The first-order valence-corrected chi connectivity index (χ1v) is 12.5. The first-order chi connectivity index (χ1) is 12.1. The van der Waals surface area contributed by atoms with E-state index in [4.69, 9.17) is 0 Å². The molecular formula is C22H38O2P+. The van der Waals surface area contributed by atoms with Crippen molar-refractivity contribution in [3.8, 4) is 0 Å². The predicted octanol–water partition coefficient (Wildman–Crippen LogP) is 6.35. The third-order valence-electron chi connectivity index (χ3n) is 5.30. The second-order valence-electron chi connectivity index (χ2n) is 7.23. The zero-order valence-corrected chi connectivity index (χ0v) is 17.4. The Kier molecular flexibility index (Phi) is 11.1. The molecule has 1 aromatic carbocycles. The summed E-state index contributed by atoms with van der Waals surface area (Å²) in [6.07, 6.45) is 12.3. The van der Waals surface area contributed by atoms with E-state index in [1.165, 1.54) is 43.8 Å². The molecule has 1 N–H and O–H groups in total. The molecular weight excluding hydrogens is 327 g/mol. The average Bonchev–Trinajstić information content (AvgIpc) is 2.62. The van der Waals surface area contributed by atoms with E-state index in [1.807, 2.05) is 0 Å². The zero-order chi connectivity index (χ0) is 18.5. The number of benzene rings is 1. The number of carboxylic acid groups (broad SMARTS) is 1. The highest BCUT2D eigenvalue weighted by atomic mass is 31.2. The van der Waals surface area contributed by atoms with Gasteiger partial charge in [-0.15, -0.1) is 0 Å². The monoisotopic (exact) mass is 365 g/mol. The summed E-state index contributed by atoms with van der Waals surface area (Å²) >= 11 is 0. The highest BCUT2D eigenvalue weighted by Crippen LogP contribution is 2.64. The van der Waals surface area contributed by atoms with Gasteiger partial charge in [-0.25, -0.2) is 4.79 Å². The van der Waals surface area contributed by atoms with Crippen molar-refractivity contribution in [3.63, 3.8) is 0 Å². The number of aliphatic carboxylic acids is 1. The van der Waals surface area contributed by atoms with Crippen molar-refractivity contribution in [3.05, 3.63) is 30.3 Å². The third kappa shape index (κ3) is 6.74. The highest BCUT2D eigenvalue weighted by Gasteiger charge is 2.50. The summed E-state index contributed by atoms with van der Waals surface area (Å²) in [6, 6.07) is 10.7. The van der Waals surface area contributed by atoms with Gasteiger partial charge in [0, 0.05) is 0 Å². The largest absolute Gasteiger partial charge is 0.478 e. The van der Waals surface area contributed by atoms with Gasteiger partial charge in [-0.05, 0) is 37.8 Å². The highest BCUT2D eigenvalue weighted by molar-refractivity contribution is 7.84. The molecule has 0 aliphatic rings. The lowest BCUT2D eigenvalue weighted by Gasteiger charge is -2.33. The number of carboxylic acids is 1. The molecule has 1 rings (SSSR count). The summed E-state index contributed by atoms with van der Waals surface area (Å²) < 4.78 is 0. The molecule has 0 aliphatic carbocycles. The molecule has 1 atom stereocenters. The zero-order valence-electron chi connectivity index (χ0n) is 16.5. The molecule has 0 heterocycles. The van der Waals surface area contributed by atoms with E-state index in [0.29, 0.717) is 0 Å². The SMILES string of the molecule is CCCCC[P+](CCCCC)(c1ccccc1)C(CCCC)C(=O)O. The molecule has 0 fully saturated rings. The smallest absolute Gasteiger partial charge is 0.344 e. The maximum absolute atomic E-state index is 12.3. The van der Waals surface area contributed by atoms with Crippen molar-refractivity contribution >= 4 is 18.5 Å². The topological polar surface area (TPSA) is 37.3 Å². The Morgan fingerprint density at radius 1 is 0.880 bits per heavy atom. The average molecular weight is 366 g/mol. The van der Waals surface area contributed by atoms with E-state index in [9.17, 15) is 9.90 Å². The lowest BCUT2D eigenvalue weighted by Crippen LogP contribution is -2.34. The van der Waals surface area contributed by atoms with Crippen LogP contribution in [0.4, 0.5) is 0 Å². The van der Waals surface area contributed by atoms with E-state index in [-0.39, 0.29) is 5.66 Å². The molecule has 0 saturated carbocycles. The maximum Gasteiger partial charge on any atom is 0.344 e. The van der Waals surface area contributed by atoms with Gasteiger partial charge < -0.3 is 5.11 Å². The second-order valence-corrected chi connectivity index (χ2v) is 11.3. The number of unbranched alkanes of at least 4 members (excludes halogenated alkanes) is 5. The van der Waals surface area contributed by atoms with Crippen LogP contribution in [0.2, 0.25) is 0 Å². The minimum Gasteiger partial charge on any atom is -0.478 e. The lowest BCUT2D eigenvalue weighted by molar-refractivity contribution is -0.136. The van der Waals surface area contributed by atoms with Crippen molar-refractivity contribution in [1.29, 1.82) is 0 Å². The summed E-state index contributed by atoms with van der Waals surface area (Å²) in [5, 5.41) is 11.5. The van der Waals surface area contributed by atoms with Crippen LogP contribution in [0.25, 0.3) is 0 Å². The molecule has 0 amide bonds. The second kappa shape index (κ2) is 12.5. The van der Waals surface area contributed by atoms with E-state index in [1.54, 1.807) is 0 Å². The van der Waals surface area contributed by atoms with Crippen LogP contribution in [0.1, 0.15) is 78.6 Å². The minimum atomic E-state index is -1.70. The minimum absolute atomic E-state index is 0.163. The summed E-state index contributed by atoms with van der Waals surface area (Å²) in [6.45, 7) is 6.62. The fourth-order valence-corrected chi connectivity index (χ4v) is 9.02. The Balaban J connectivity index is 3.26. The van der Waals surface area contributed by atoms with Crippen molar-refractivity contribution < 1.29 is 9.90 Å². The van der Waals surface area contributed by atoms with Gasteiger partial charge in [0.2, 0.25) is 0 Å². The van der Waals surface area contributed by atoms with Crippen LogP contribution >= 0.6 is 7.26 Å². The lowest BCUT2D eigenvalue weighted by atomic mass is 10.2. The Hall–Kier alpha value is -0.880. The summed E-state index contributed by atoms with van der Waals surface area (Å²) in [4.78, 5) is 12.3. The van der Waals surface area contributed by atoms with Crippen molar-refractivity contribution in [2.75, 3.05) is 12.3 Å². The fourth-order valence-electron chi connectivity index (χ4n) is 3.85. The molecule has 1 aromatic rings. The van der Waals surface area contributed by atoms with Gasteiger partial charge in [-0.3, -0.25) is 0 Å². The quantitative estimate of drug-likeness (QED) is 0.308. The molecule has 1 unspecified atom stereocenters. The van der Waals surface area contributed by atoms with E-state index < -0.39 is 13.2 Å². The number of carbonyl (C=O) groups is 1. The van der Waals surface area contributed by atoms with E-state index in [2.05, 4.69) is 51.1 Å². The van der Waals surface area contributed by atoms with Crippen molar-refractivity contribution in [2.24, 2.45) is 0 Å². The van der Waals surface area contributed by atoms with Crippen LogP contribution in [0, 0.1) is 0 Å². The molecule has 25 heavy (non-hydrogen) atoms. The van der Waals surface area contributed by atoms with Gasteiger partial charge in [0.15, 0.2) is 5.66 Å². The Bertz CT molecular complexity index is 462. The fraction of sp³-hybridized carbons (Fsp3) is 0.682. The molecule has 0 spiro atoms. The summed E-state index contributed by atoms with van der Waals surface area (Å²) in [5.74, 6) is -0.557.